The predicted molar refractivity (Wildman–Crippen MR) is 122 cm³/mol. The first-order valence-electron chi connectivity index (χ1n) is 10.9. The largest absolute Gasteiger partial charge is 0.444 e. The van der Waals surface area contributed by atoms with Crippen molar-refractivity contribution in [2.75, 3.05) is 26.3 Å². The number of H-pyrrole nitrogens is 1. The number of carbonyl (C=O) groups excluding carboxylic acids is 2. The standard InChI is InChI=1S/C23H25N3O7S/c27-21(24-9-4-12-34(30,31)18-5-2-1-3-6-18)19-13-16-14-26(10-7-20(16)25-22(19)28)23(29)33-17-8-11-32-15-17/h1-6,12-13,17H,7-11,14-15H2,(H,24,27)(H,25,28)/b12-4+/t17-/m1/s1. The smallest absolute Gasteiger partial charge is 0.410 e. The zero-order valence-electron chi connectivity index (χ0n) is 18.4. The van der Waals surface area contributed by atoms with Crippen molar-refractivity contribution in [3.05, 3.63) is 75.1 Å². The molecule has 2 amide bonds. The second-order valence-electron chi connectivity index (χ2n) is 8.00. The molecule has 2 N–H and O–H groups in total. The number of fused-ring (bicyclic) bond motifs is 1. The highest BCUT2D eigenvalue weighted by Crippen LogP contribution is 2.19. The van der Waals surface area contributed by atoms with E-state index in [-0.39, 0.29) is 29.7 Å². The topological polar surface area (TPSA) is 135 Å². The average Bonchev–Trinajstić information content (AvgIpc) is 3.34. The first-order chi connectivity index (χ1) is 16.3. The van der Waals surface area contributed by atoms with Crippen molar-refractivity contribution >= 4 is 21.8 Å². The highest BCUT2D eigenvalue weighted by molar-refractivity contribution is 7.94. The number of nitrogens with one attached hydrogen (secondary N) is 2. The Labute approximate surface area is 196 Å². The minimum absolute atomic E-state index is 0.0800. The maximum Gasteiger partial charge on any atom is 0.410 e. The predicted octanol–water partition coefficient (Wildman–Crippen LogP) is 1.38. The van der Waals surface area contributed by atoms with Crippen LogP contribution in [-0.2, 0) is 32.3 Å². The van der Waals surface area contributed by atoms with Crippen LogP contribution in [0, 0.1) is 0 Å². The lowest BCUT2D eigenvalue weighted by Crippen LogP contribution is -2.40. The number of hydrogen-bond acceptors (Lipinski definition) is 7. The van der Waals surface area contributed by atoms with Crippen molar-refractivity contribution in [2.24, 2.45) is 0 Å². The lowest BCUT2D eigenvalue weighted by molar-refractivity contribution is 0.0515. The second kappa shape index (κ2) is 10.2. The van der Waals surface area contributed by atoms with Crippen LogP contribution in [0.2, 0.25) is 0 Å². The second-order valence-corrected chi connectivity index (χ2v) is 9.83. The lowest BCUT2D eigenvalue weighted by Gasteiger charge is -2.29. The monoisotopic (exact) mass is 487 g/mol. The number of carbonyl (C=O) groups is 2. The number of benzene rings is 1. The Morgan fingerprint density at radius 1 is 1.26 bits per heavy atom. The third-order valence-corrected chi connectivity index (χ3v) is 7.07. The van der Waals surface area contributed by atoms with Crippen LogP contribution in [0.5, 0.6) is 0 Å². The molecule has 1 atom stereocenters. The first-order valence-corrected chi connectivity index (χ1v) is 12.4. The molecule has 3 heterocycles. The fourth-order valence-corrected chi connectivity index (χ4v) is 4.81. The Morgan fingerprint density at radius 2 is 2.06 bits per heavy atom. The minimum atomic E-state index is -3.62. The highest BCUT2D eigenvalue weighted by Gasteiger charge is 2.27. The maximum absolute atomic E-state index is 12.6. The van der Waals surface area contributed by atoms with Gasteiger partial charge >= 0.3 is 6.09 Å². The fraction of sp³-hybridized carbons (Fsp3) is 0.348. The van der Waals surface area contributed by atoms with Gasteiger partial charge in [-0.25, -0.2) is 13.2 Å². The van der Waals surface area contributed by atoms with Gasteiger partial charge in [-0.05, 0) is 23.8 Å². The maximum atomic E-state index is 12.6. The molecule has 1 aromatic heterocycles. The van der Waals surface area contributed by atoms with Gasteiger partial charge in [0.2, 0.25) is 0 Å². The number of nitrogens with zero attached hydrogens (tertiary/aromatic N) is 1. The van der Waals surface area contributed by atoms with Crippen LogP contribution in [-0.4, -0.2) is 62.7 Å². The van der Waals surface area contributed by atoms with E-state index in [1.165, 1.54) is 29.2 Å². The van der Waals surface area contributed by atoms with E-state index < -0.39 is 27.4 Å². The molecule has 0 unspecified atom stereocenters. The highest BCUT2D eigenvalue weighted by atomic mass is 32.2. The van der Waals surface area contributed by atoms with Gasteiger partial charge in [-0.3, -0.25) is 9.59 Å². The quantitative estimate of drug-likeness (QED) is 0.628. The number of hydrogen-bond donors (Lipinski definition) is 2. The molecule has 0 spiro atoms. The van der Waals surface area contributed by atoms with E-state index in [1.54, 1.807) is 18.2 Å². The molecular weight excluding hydrogens is 462 g/mol. The summed E-state index contributed by atoms with van der Waals surface area (Å²) in [7, 11) is -3.62. The Bertz CT molecular complexity index is 1250. The van der Waals surface area contributed by atoms with Crippen molar-refractivity contribution in [1.29, 1.82) is 0 Å². The molecule has 11 heteroatoms. The van der Waals surface area contributed by atoms with Crippen LogP contribution in [0.3, 0.4) is 0 Å². The van der Waals surface area contributed by atoms with Crippen LogP contribution in [0.4, 0.5) is 4.79 Å². The van der Waals surface area contributed by atoms with E-state index in [0.717, 1.165) is 5.41 Å². The third-order valence-electron chi connectivity index (χ3n) is 5.59. The van der Waals surface area contributed by atoms with Gasteiger partial charge in [0, 0.05) is 37.0 Å². The van der Waals surface area contributed by atoms with E-state index in [2.05, 4.69) is 10.3 Å². The van der Waals surface area contributed by atoms with Crippen molar-refractivity contribution < 1.29 is 27.5 Å². The molecule has 0 aliphatic carbocycles. The summed E-state index contributed by atoms with van der Waals surface area (Å²) in [5.74, 6) is -0.645. The molecule has 2 aliphatic rings. The number of aromatic amines is 1. The van der Waals surface area contributed by atoms with Crippen molar-refractivity contribution in [3.8, 4) is 0 Å². The molecule has 1 saturated heterocycles. The summed E-state index contributed by atoms with van der Waals surface area (Å²) in [5, 5.41) is 3.54. The summed E-state index contributed by atoms with van der Waals surface area (Å²) in [6.45, 7) is 1.46. The van der Waals surface area contributed by atoms with Gasteiger partial charge in [-0.1, -0.05) is 24.3 Å². The molecular formula is C23H25N3O7S. The Kier molecular flexibility index (Phi) is 7.13. The summed E-state index contributed by atoms with van der Waals surface area (Å²) in [6.07, 6.45) is 1.68. The molecule has 1 fully saturated rings. The average molecular weight is 488 g/mol. The molecule has 0 bridgehead atoms. The molecule has 180 valence electrons. The van der Waals surface area contributed by atoms with Crippen LogP contribution >= 0.6 is 0 Å². The van der Waals surface area contributed by atoms with E-state index in [0.29, 0.717) is 43.9 Å². The Hall–Kier alpha value is -3.44. The van der Waals surface area contributed by atoms with E-state index in [1.807, 2.05) is 0 Å². The molecule has 2 aromatic rings. The summed E-state index contributed by atoms with van der Waals surface area (Å²) < 4.78 is 35.2. The van der Waals surface area contributed by atoms with Gasteiger partial charge in [-0.15, -0.1) is 0 Å². The molecule has 2 aliphatic heterocycles. The van der Waals surface area contributed by atoms with E-state index in [9.17, 15) is 22.8 Å². The number of rotatable bonds is 6. The van der Waals surface area contributed by atoms with Crippen LogP contribution in [0.15, 0.2) is 57.6 Å². The van der Waals surface area contributed by atoms with Crippen molar-refractivity contribution in [2.45, 2.75) is 30.4 Å². The Morgan fingerprint density at radius 3 is 2.79 bits per heavy atom. The van der Waals surface area contributed by atoms with Gasteiger partial charge in [0.1, 0.15) is 11.7 Å². The minimum Gasteiger partial charge on any atom is -0.444 e. The third kappa shape index (κ3) is 5.54. The SMILES string of the molecule is O=C(NC/C=C/S(=O)(=O)c1ccccc1)c1cc2c([nH]c1=O)CCN(C(=O)O[C@@H]1CCOC1)C2. The van der Waals surface area contributed by atoms with Crippen molar-refractivity contribution in [3.63, 3.8) is 0 Å². The van der Waals surface area contributed by atoms with E-state index >= 15 is 0 Å². The molecule has 0 radical (unpaired) electrons. The molecule has 1 aromatic carbocycles. The summed E-state index contributed by atoms with van der Waals surface area (Å²) in [6, 6.07) is 9.37. The van der Waals surface area contributed by atoms with Gasteiger partial charge in [0.25, 0.3) is 11.5 Å². The number of pyridine rings is 1. The van der Waals surface area contributed by atoms with Crippen LogP contribution in [0.1, 0.15) is 28.0 Å². The summed E-state index contributed by atoms with van der Waals surface area (Å²) in [4.78, 5) is 41.8. The van der Waals surface area contributed by atoms with Gasteiger partial charge in [-0.2, -0.15) is 0 Å². The molecule has 34 heavy (non-hydrogen) atoms. The van der Waals surface area contributed by atoms with E-state index in [4.69, 9.17) is 9.47 Å². The van der Waals surface area contributed by atoms with Crippen LogP contribution < -0.4 is 10.9 Å². The number of amides is 2. The first kappa shape index (κ1) is 23.7. The summed E-state index contributed by atoms with van der Waals surface area (Å²) in [5.41, 5.74) is 0.662. The van der Waals surface area contributed by atoms with Crippen molar-refractivity contribution in [1.82, 2.24) is 15.2 Å². The fourth-order valence-electron chi connectivity index (χ4n) is 3.76. The summed E-state index contributed by atoms with van der Waals surface area (Å²) >= 11 is 0. The zero-order chi connectivity index (χ0) is 24.1. The molecule has 4 rings (SSSR count). The number of sulfone groups is 1. The van der Waals surface area contributed by atoms with Gasteiger partial charge in [0.15, 0.2) is 9.84 Å². The zero-order valence-corrected chi connectivity index (χ0v) is 19.2. The van der Waals surface area contributed by atoms with Gasteiger partial charge in [0.05, 0.1) is 24.7 Å². The van der Waals surface area contributed by atoms with Crippen LogP contribution in [0.25, 0.3) is 0 Å². The normalized spacial score (nSPS) is 18.0. The number of aromatic nitrogens is 1. The molecule has 10 nitrogen and oxygen atoms in total. The van der Waals surface area contributed by atoms with Gasteiger partial charge < -0.3 is 24.7 Å². The number of ether oxygens (including phenoxy) is 2. The Balaban J connectivity index is 1.38. The lowest BCUT2D eigenvalue weighted by atomic mass is 10.0. The molecule has 0 saturated carbocycles.